The normalized spacial score (nSPS) is 17.3. The van der Waals surface area contributed by atoms with Crippen LogP contribution < -0.4 is 0 Å². The number of hydrogen-bond acceptors (Lipinski definition) is 7. The van der Waals surface area contributed by atoms with E-state index >= 15 is 0 Å². The molecule has 1 heterocycles. The highest BCUT2D eigenvalue weighted by Gasteiger charge is 2.43. The van der Waals surface area contributed by atoms with Crippen molar-refractivity contribution in [1.82, 2.24) is 4.98 Å². The smallest absolute Gasteiger partial charge is 0.264 e. The summed E-state index contributed by atoms with van der Waals surface area (Å²) in [6.07, 6.45) is 10.5. The molecule has 0 N–H and O–H groups in total. The molecular formula is C23H37NO6S. The van der Waals surface area contributed by atoms with E-state index in [0.717, 1.165) is 36.3 Å². The lowest BCUT2D eigenvalue weighted by Gasteiger charge is -2.36. The summed E-state index contributed by atoms with van der Waals surface area (Å²) in [5.74, 6) is 0.196. The molecule has 1 aromatic rings. The Morgan fingerprint density at radius 1 is 1.32 bits per heavy atom. The highest BCUT2D eigenvalue weighted by atomic mass is 32.2. The summed E-state index contributed by atoms with van der Waals surface area (Å²) in [5, 5.41) is 0. The van der Waals surface area contributed by atoms with Crippen molar-refractivity contribution in [2.75, 3.05) is 26.8 Å². The molecule has 2 rings (SSSR count). The molecule has 1 aliphatic rings. The summed E-state index contributed by atoms with van der Waals surface area (Å²) in [6, 6.07) is 2.05. The Labute approximate surface area is 187 Å². The molecule has 0 bridgehead atoms. The largest absolute Gasteiger partial charge is 0.359 e. The third kappa shape index (κ3) is 8.25. The summed E-state index contributed by atoms with van der Waals surface area (Å²) >= 11 is 0. The van der Waals surface area contributed by atoms with Crippen molar-refractivity contribution >= 4 is 15.9 Å². The van der Waals surface area contributed by atoms with Gasteiger partial charge in [-0.15, -0.1) is 0 Å². The van der Waals surface area contributed by atoms with E-state index < -0.39 is 21.6 Å². The average molecular weight is 456 g/mol. The van der Waals surface area contributed by atoms with Gasteiger partial charge in [0.15, 0.2) is 5.78 Å². The third-order valence-corrected chi connectivity index (χ3v) is 6.64. The van der Waals surface area contributed by atoms with Gasteiger partial charge in [-0.1, -0.05) is 32.6 Å². The Morgan fingerprint density at radius 3 is 2.61 bits per heavy atom. The predicted molar refractivity (Wildman–Crippen MR) is 119 cm³/mol. The summed E-state index contributed by atoms with van der Waals surface area (Å²) < 4.78 is 38.9. The quantitative estimate of drug-likeness (QED) is 0.227. The van der Waals surface area contributed by atoms with E-state index in [9.17, 15) is 13.2 Å². The topological polar surface area (TPSA) is 91.8 Å². The minimum Gasteiger partial charge on any atom is -0.359 e. The summed E-state index contributed by atoms with van der Waals surface area (Å²) in [5.41, 5.74) is 1.80. The van der Waals surface area contributed by atoms with Gasteiger partial charge in [-0.25, -0.2) is 0 Å². The van der Waals surface area contributed by atoms with Gasteiger partial charge >= 0.3 is 0 Å². The van der Waals surface area contributed by atoms with Crippen LogP contribution in [-0.2, 0) is 41.4 Å². The van der Waals surface area contributed by atoms with Crippen LogP contribution >= 0.6 is 0 Å². The van der Waals surface area contributed by atoms with Crippen LogP contribution in [0.25, 0.3) is 0 Å². The first-order valence-corrected chi connectivity index (χ1v) is 12.8. The lowest BCUT2D eigenvalue weighted by molar-refractivity contribution is -0.175. The molecule has 0 unspecified atom stereocenters. The van der Waals surface area contributed by atoms with Gasteiger partial charge in [0.2, 0.25) is 0 Å². The van der Waals surface area contributed by atoms with Crippen LogP contribution in [0.4, 0.5) is 0 Å². The predicted octanol–water partition coefficient (Wildman–Crippen LogP) is 3.62. The maximum Gasteiger partial charge on any atom is 0.264 e. The highest BCUT2D eigenvalue weighted by molar-refractivity contribution is 7.85. The summed E-state index contributed by atoms with van der Waals surface area (Å²) in [4.78, 5) is 17.3. The van der Waals surface area contributed by atoms with E-state index in [1.807, 2.05) is 12.3 Å². The molecular weight excluding hydrogens is 418 g/mol. The lowest BCUT2D eigenvalue weighted by Crippen LogP contribution is -2.50. The zero-order valence-corrected chi connectivity index (χ0v) is 20.3. The Morgan fingerprint density at radius 2 is 2.03 bits per heavy atom. The van der Waals surface area contributed by atoms with Crippen LogP contribution in [-0.4, -0.2) is 51.6 Å². The van der Waals surface area contributed by atoms with Crippen molar-refractivity contribution in [3.63, 3.8) is 0 Å². The molecule has 0 aromatic carbocycles. The van der Waals surface area contributed by atoms with Crippen molar-refractivity contribution in [2.45, 2.75) is 71.3 Å². The van der Waals surface area contributed by atoms with Gasteiger partial charge in [0.25, 0.3) is 10.1 Å². The molecule has 31 heavy (non-hydrogen) atoms. The minimum atomic E-state index is -3.64. The molecule has 0 amide bonds. The Bertz CT molecular complexity index is 836. The van der Waals surface area contributed by atoms with Crippen molar-refractivity contribution in [3.05, 3.63) is 29.1 Å². The Kier molecular flexibility index (Phi) is 9.61. The second kappa shape index (κ2) is 11.5. The number of Topliss-reactive ketones (excluding diaryl/α,β-unsaturated/α-hetero) is 1. The van der Waals surface area contributed by atoms with E-state index in [2.05, 4.69) is 11.9 Å². The van der Waals surface area contributed by atoms with Crippen molar-refractivity contribution in [2.24, 2.45) is 11.8 Å². The van der Waals surface area contributed by atoms with E-state index in [1.165, 1.54) is 45.3 Å². The highest BCUT2D eigenvalue weighted by Crippen LogP contribution is 2.34. The van der Waals surface area contributed by atoms with Crippen LogP contribution in [0.3, 0.4) is 0 Å². The van der Waals surface area contributed by atoms with Gasteiger partial charge in [-0.05, 0) is 49.8 Å². The number of unbranched alkanes of at least 4 members (excludes halogenated alkanes) is 1. The van der Waals surface area contributed by atoms with E-state index in [4.69, 9.17) is 13.7 Å². The van der Waals surface area contributed by atoms with Crippen LogP contribution in [0.1, 0.15) is 62.8 Å². The first-order chi connectivity index (χ1) is 14.6. The zero-order valence-electron chi connectivity index (χ0n) is 19.5. The molecule has 2 atom stereocenters. The van der Waals surface area contributed by atoms with Gasteiger partial charge < -0.3 is 9.47 Å². The molecule has 1 aromatic heterocycles. The lowest BCUT2D eigenvalue weighted by atomic mass is 9.81. The van der Waals surface area contributed by atoms with E-state index in [1.54, 1.807) is 6.92 Å². The number of ketones is 1. The van der Waals surface area contributed by atoms with Crippen molar-refractivity contribution in [1.29, 1.82) is 0 Å². The zero-order chi connectivity index (χ0) is 23.1. The maximum absolute atomic E-state index is 12.8. The van der Waals surface area contributed by atoms with Crippen LogP contribution in [0, 0.1) is 18.8 Å². The van der Waals surface area contributed by atoms with Crippen LogP contribution in [0.15, 0.2) is 12.3 Å². The summed E-state index contributed by atoms with van der Waals surface area (Å²) in [6.45, 7) is 4.98. The first-order valence-electron chi connectivity index (χ1n) is 11.0. The molecule has 176 valence electrons. The van der Waals surface area contributed by atoms with Gasteiger partial charge in [-0.3, -0.25) is 14.0 Å². The fourth-order valence-electron chi connectivity index (χ4n) is 3.87. The van der Waals surface area contributed by atoms with Gasteiger partial charge in [-0.2, -0.15) is 8.42 Å². The monoisotopic (exact) mass is 455 g/mol. The second-order valence-electron chi connectivity index (χ2n) is 8.85. The number of aryl methyl sites for hydroxylation is 2. The number of carbonyl (C=O) groups is 1. The maximum atomic E-state index is 12.8. The summed E-state index contributed by atoms with van der Waals surface area (Å²) in [7, 11) is -2.16. The fourth-order valence-corrected chi connectivity index (χ4v) is 4.32. The molecule has 1 saturated carbocycles. The SMILES string of the molecule is COCO[C@@](Cc1cc(CCCCC2CC2)c(C)cn1)(C(C)=O)[C@@H](C)COS(C)(=O)=O. The number of nitrogens with zero attached hydrogens (tertiary/aromatic N) is 1. The van der Waals surface area contributed by atoms with Crippen LogP contribution in [0.5, 0.6) is 0 Å². The third-order valence-electron chi connectivity index (χ3n) is 6.08. The molecule has 1 fully saturated rings. The fraction of sp³-hybridized carbons (Fsp3) is 0.739. The molecule has 8 heteroatoms. The second-order valence-corrected chi connectivity index (χ2v) is 10.5. The van der Waals surface area contributed by atoms with Gasteiger partial charge in [0.05, 0.1) is 12.9 Å². The van der Waals surface area contributed by atoms with Gasteiger partial charge in [0, 0.05) is 31.3 Å². The molecule has 0 radical (unpaired) electrons. The Balaban J connectivity index is 2.19. The van der Waals surface area contributed by atoms with Crippen molar-refractivity contribution < 1.29 is 26.9 Å². The van der Waals surface area contributed by atoms with Gasteiger partial charge in [0.1, 0.15) is 12.4 Å². The molecule has 1 aliphatic carbocycles. The number of pyridine rings is 1. The van der Waals surface area contributed by atoms with Crippen molar-refractivity contribution in [3.8, 4) is 0 Å². The van der Waals surface area contributed by atoms with E-state index in [0.29, 0.717) is 0 Å². The Hall–Kier alpha value is -1.35. The molecule has 0 aliphatic heterocycles. The molecule has 0 spiro atoms. The number of aromatic nitrogens is 1. The number of carbonyl (C=O) groups excluding carboxylic acids is 1. The molecule has 7 nitrogen and oxygen atoms in total. The standard InChI is InChI=1S/C23H37NO6S/c1-17-14-24-22(12-21(17)9-7-6-8-20-10-11-20)13-23(19(3)25,29-16-28-4)18(2)15-30-31(5,26)27/h12,14,18,20H,6-11,13,15-16H2,1-5H3/t18-,23+/m0/s1. The average Bonchev–Trinajstić information content (AvgIpc) is 3.52. The molecule has 0 saturated heterocycles. The number of methoxy groups -OCH3 is 1. The number of ether oxygens (including phenoxy) is 2. The number of rotatable bonds is 15. The first kappa shape index (κ1) is 25.9. The minimum absolute atomic E-state index is 0.0946. The van der Waals surface area contributed by atoms with Crippen LogP contribution in [0.2, 0.25) is 0 Å². The van der Waals surface area contributed by atoms with E-state index in [-0.39, 0.29) is 25.6 Å². The number of hydrogen-bond donors (Lipinski definition) is 0.